The van der Waals surface area contributed by atoms with Crippen molar-refractivity contribution in [3.05, 3.63) is 42.3 Å². The average molecular weight is 425 g/mol. The number of hydrogen-bond acceptors (Lipinski definition) is 5. The van der Waals surface area contributed by atoms with Crippen LogP contribution in [0.1, 0.15) is 44.4 Å². The summed E-state index contributed by atoms with van der Waals surface area (Å²) in [6.07, 6.45) is 15.2. The molecule has 4 unspecified atom stereocenters. The van der Waals surface area contributed by atoms with Gasteiger partial charge in [-0.1, -0.05) is 12.5 Å². The maximum absolute atomic E-state index is 6.29. The molecule has 3 aromatic rings. The SMILES string of the molecule is C=CC1CC2CCC1CC(CCc1nc3cc(SC)cc(-c4nccs4)c3o1)C2. The maximum Gasteiger partial charge on any atom is 0.195 e. The van der Waals surface area contributed by atoms with E-state index in [1.807, 2.05) is 11.6 Å². The molecule has 4 atom stereocenters. The summed E-state index contributed by atoms with van der Waals surface area (Å²) < 4.78 is 6.29. The molecular formula is C24H28N2OS2. The van der Waals surface area contributed by atoms with Crippen LogP contribution in [0.2, 0.25) is 0 Å². The molecule has 6 rings (SSSR count). The highest BCUT2D eigenvalue weighted by Crippen LogP contribution is 2.46. The minimum absolute atomic E-state index is 0.744. The molecule has 0 N–H and O–H groups in total. The molecule has 29 heavy (non-hydrogen) atoms. The number of benzene rings is 1. The second-order valence-electron chi connectivity index (χ2n) is 8.68. The van der Waals surface area contributed by atoms with E-state index in [4.69, 9.17) is 9.40 Å². The molecule has 3 saturated carbocycles. The van der Waals surface area contributed by atoms with Crippen LogP contribution < -0.4 is 0 Å². The van der Waals surface area contributed by atoms with Crippen molar-refractivity contribution in [3.63, 3.8) is 0 Å². The summed E-state index contributed by atoms with van der Waals surface area (Å²) in [5, 5.41) is 3.02. The normalized spacial score (nSPS) is 26.7. The lowest BCUT2D eigenvalue weighted by Gasteiger charge is -2.30. The molecule has 0 aliphatic heterocycles. The first-order chi connectivity index (χ1) is 14.2. The van der Waals surface area contributed by atoms with Crippen LogP contribution in [0, 0.1) is 23.7 Å². The van der Waals surface area contributed by atoms with Crippen LogP contribution in [0.3, 0.4) is 0 Å². The number of fused-ring (bicyclic) bond motifs is 5. The second-order valence-corrected chi connectivity index (χ2v) is 10.5. The number of thioether (sulfide) groups is 1. The minimum atomic E-state index is 0.744. The third-order valence-corrected chi connectivity index (χ3v) is 8.45. The molecule has 3 aliphatic rings. The number of thiazole rings is 1. The van der Waals surface area contributed by atoms with Gasteiger partial charge in [-0.15, -0.1) is 29.7 Å². The van der Waals surface area contributed by atoms with E-state index in [2.05, 4.69) is 36.0 Å². The molecule has 0 saturated heterocycles. The molecule has 2 bridgehead atoms. The molecule has 3 aliphatic carbocycles. The summed E-state index contributed by atoms with van der Waals surface area (Å²) in [5.41, 5.74) is 2.92. The molecular weight excluding hydrogens is 396 g/mol. The summed E-state index contributed by atoms with van der Waals surface area (Å²) in [7, 11) is 0. The Kier molecular flexibility index (Phi) is 5.53. The number of rotatable bonds is 6. The smallest absolute Gasteiger partial charge is 0.195 e. The van der Waals surface area contributed by atoms with Crippen molar-refractivity contribution in [3.8, 4) is 10.6 Å². The largest absolute Gasteiger partial charge is 0.440 e. The van der Waals surface area contributed by atoms with Gasteiger partial charge < -0.3 is 4.42 Å². The highest BCUT2D eigenvalue weighted by molar-refractivity contribution is 7.98. The van der Waals surface area contributed by atoms with Crippen molar-refractivity contribution in [2.45, 2.75) is 49.8 Å². The van der Waals surface area contributed by atoms with Gasteiger partial charge in [-0.05, 0) is 74.2 Å². The number of allylic oxidation sites excluding steroid dienone is 1. The minimum Gasteiger partial charge on any atom is -0.440 e. The Hall–Kier alpha value is -1.59. The molecule has 0 amide bonds. The number of aromatic nitrogens is 2. The van der Waals surface area contributed by atoms with E-state index in [9.17, 15) is 0 Å². The molecule has 0 spiro atoms. The lowest BCUT2D eigenvalue weighted by Crippen LogP contribution is -2.19. The average Bonchev–Trinajstić information content (AvgIpc) is 3.34. The molecule has 0 radical (unpaired) electrons. The first-order valence-electron chi connectivity index (χ1n) is 10.7. The first kappa shape index (κ1) is 19.4. The third-order valence-electron chi connectivity index (χ3n) is 6.93. The third kappa shape index (κ3) is 3.91. The highest BCUT2D eigenvalue weighted by atomic mass is 32.2. The lowest BCUT2D eigenvalue weighted by molar-refractivity contribution is 0.243. The fourth-order valence-corrected chi connectivity index (χ4v) is 6.62. The Morgan fingerprint density at radius 3 is 3.00 bits per heavy atom. The Morgan fingerprint density at radius 1 is 1.28 bits per heavy atom. The quantitative estimate of drug-likeness (QED) is 0.309. The van der Waals surface area contributed by atoms with Crippen LogP contribution in [0.5, 0.6) is 0 Å². The second kappa shape index (κ2) is 8.27. The Balaban J connectivity index is 1.36. The highest BCUT2D eigenvalue weighted by Gasteiger charge is 2.35. The molecule has 3 nitrogen and oxygen atoms in total. The summed E-state index contributed by atoms with van der Waals surface area (Å²) in [6, 6.07) is 4.32. The van der Waals surface area contributed by atoms with E-state index in [1.54, 1.807) is 23.1 Å². The van der Waals surface area contributed by atoms with E-state index in [0.717, 1.165) is 57.7 Å². The van der Waals surface area contributed by atoms with Gasteiger partial charge in [-0.2, -0.15) is 0 Å². The molecule has 2 heterocycles. The molecule has 2 aromatic heterocycles. The van der Waals surface area contributed by atoms with Crippen LogP contribution in [0.25, 0.3) is 21.7 Å². The zero-order chi connectivity index (χ0) is 19.8. The van der Waals surface area contributed by atoms with Gasteiger partial charge in [0.1, 0.15) is 10.5 Å². The predicted octanol–water partition coefficient (Wildman–Crippen LogP) is 7.23. The fraction of sp³-hybridized carbons (Fsp3) is 0.500. The molecule has 1 aromatic carbocycles. The van der Waals surface area contributed by atoms with Gasteiger partial charge in [0.15, 0.2) is 11.5 Å². The van der Waals surface area contributed by atoms with E-state index >= 15 is 0 Å². The predicted molar refractivity (Wildman–Crippen MR) is 122 cm³/mol. The Morgan fingerprint density at radius 2 is 2.21 bits per heavy atom. The van der Waals surface area contributed by atoms with Gasteiger partial charge in [-0.25, -0.2) is 9.97 Å². The summed E-state index contributed by atoms with van der Waals surface area (Å²) >= 11 is 3.39. The Bertz CT molecular complexity index is 994. The summed E-state index contributed by atoms with van der Waals surface area (Å²) in [6.45, 7) is 4.10. The van der Waals surface area contributed by atoms with Gasteiger partial charge in [0.2, 0.25) is 0 Å². The van der Waals surface area contributed by atoms with E-state index in [0.29, 0.717) is 0 Å². The standard InChI is InChI=1S/C24H28N2OS2/c1-3-17-11-15-4-6-18(17)12-16(10-15)5-7-22-26-21-14-19(28-2)13-20(23(21)27-22)24-25-8-9-29-24/h3,8-9,13-18H,1,4-7,10-12H2,2H3. The zero-order valence-electron chi connectivity index (χ0n) is 17.0. The zero-order valence-corrected chi connectivity index (χ0v) is 18.6. The van der Waals surface area contributed by atoms with Gasteiger partial charge in [0.05, 0.1) is 5.56 Å². The van der Waals surface area contributed by atoms with Crippen LogP contribution in [0.4, 0.5) is 0 Å². The van der Waals surface area contributed by atoms with Gasteiger partial charge >= 0.3 is 0 Å². The van der Waals surface area contributed by atoms with Gasteiger partial charge in [0, 0.05) is 22.9 Å². The van der Waals surface area contributed by atoms with Crippen molar-refractivity contribution < 1.29 is 4.42 Å². The lowest BCUT2D eigenvalue weighted by atomic mass is 9.76. The van der Waals surface area contributed by atoms with Crippen LogP contribution in [-0.2, 0) is 6.42 Å². The van der Waals surface area contributed by atoms with E-state index < -0.39 is 0 Å². The molecule has 5 heteroatoms. The van der Waals surface area contributed by atoms with Crippen LogP contribution >= 0.6 is 23.1 Å². The van der Waals surface area contributed by atoms with E-state index in [-0.39, 0.29) is 0 Å². The van der Waals surface area contributed by atoms with Crippen molar-refractivity contribution >= 4 is 34.2 Å². The maximum atomic E-state index is 6.29. The summed E-state index contributed by atoms with van der Waals surface area (Å²) in [4.78, 5) is 10.6. The van der Waals surface area contributed by atoms with Crippen molar-refractivity contribution in [2.75, 3.05) is 6.26 Å². The topological polar surface area (TPSA) is 38.9 Å². The van der Waals surface area contributed by atoms with Gasteiger partial charge in [0.25, 0.3) is 0 Å². The van der Waals surface area contributed by atoms with Crippen molar-refractivity contribution in [1.29, 1.82) is 0 Å². The number of oxazole rings is 1. The Labute approximate surface area is 181 Å². The van der Waals surface area contributed by atoms with Crippen LogP contribution in [-0.4, -0.2) is 16.2 Å². The number of nitrogens with zero attached hydrogens (tertiary/aromatic N) is 2. The number of aryl methyl sites for hydroxylation is 1. The van der Waals surface area contributed by atoms with Gasteiger partial charge in [-0.3, -0.25) is 0 Å². The first-order valence-corrected chi connectivity index (χ1v) is 12.8. The molecule has 3 fully saturated rings. The van der Waals surface area contributed by atoms with Crippen molar-refractivity contribution in [2.24, 2.45) is 23.7 Å². The molecule has 152 valence electrons. The summed E-state index contributed by atoms with van der Waals surface area (Å²) in [5.74, 6) is 4.17. The van der Waals surface area contributed by atoms with Crippen molar-refractivity contribution in [1.82, 2.24) is 9.97 Å². The number of hydrogen-bond donors (Lipinski definition) is 0. The van der Waals surface area contributed by atoms with Crippen LogP contribution in [0.15, 0.2) is 45.7 Å². The van der Waals surface area contributed by atoms with E-state index in [1.165, 1.54) is 43.4 Å². The fourth-order valence-electron chi connectivity index (χ4n) is 5.51. The monoisotopic (exact) mass is 424 g/mol.